The summed E-state index contributed by atoms with van der Waals surface area (Å²) in [7, 11) is 1.38. The average molecular weight is 260 g/mol. The molecule has 100 valence electrons. The maximum atomic E-state index is 11.9. The lowest BCUT2D eigenvalue weighted by Gasteiger charge is -2.48. The highest BCUT2D eigenvalue weighted by molar-refractivity contribution is 5.75. The van der Waals surface area contributed by atoms with Crippen LogP contribution in [0.5, 0.6) is 0 Å². The van der Waals surface area contributed by atoms with E-state index in [1.54, 1.807) is 6.92 Å². The molecule has 4 nitrogen and oxygen atoms in total. The van der Waals surface area contributed by atoms with Gasteiger partial charge in [-0.2, -0.15) is 0 Å². The first-order chi connectivity index (χ1) is 9.03. The molecule has 0 amide bonds. The predicted octanol–water partition coefficient (Wildman–Crippen LogP) is 2.44. The number of carbonyl (C=O) groups excluding carboxylic acids is 1. The van der Waals surface area contributed by atoms with E-state index in [2.05, 4.69) is 0 Å². The molecule has 1 aromatic rings. The molecule has 0 unspecified atom stereocenters. The second kappa shape index (κ2) is 3.92. The van der Waals surface area contributed by atoms with Gasteiger partial charge in [-0.3, -0.25) is 4.79 Å². The molecule has 3 atom stereocenters. The number of carbonyl (C=O) groups is 1. The van der Waals surface area contributed by atoms with Gasteiger partial charge in [0.1, 0.15) is 5.60 Å². The Labute approximate surface area is 111 Å². The van der Waals surface area contributed by atoms with Crippen LogP contribution in [-0.4, -0.2) is 13.1 Å². The highest BCUT2D eigenvalue weighted by Crippen LogP contribution is 2.52. The van der Waals surface area contributed by atoms with E-state index < -0.39 is 17.1 Å². The molecule has 0 saturated carbocycles. The van der Waals surface area contributed by atoms with Crippen LogP contribution in [0.1, 0.15) is 25.0 Å². The average Bonchev–Trinajstić information content (AvgIpc) is 2.47. The maximum Gasteiger partial charge on any atom is 0.312 e. The van der Waals surface area contributed by atoms with Crippen LogP contribution in [0.25, 0.3) is 0 Å². The Hall–Kier alpha value is -1.65. The molecular formula is C15H16O4. The van der Waals surface area contributed by atoms with Gasteiger partial charge in [-0.1, -0.05) is 24.3 Å². The Kier molecular flexibility index (Phi) is 2.56. The zero-order chi connectivity index (χ0) is 13.7. The van der Waals surface area contributed by atoms with Crippen LogP contribution in [0.3, 0.4) is 0 Å². The van der Waals surface area contributed by atoms with Gasteiger partial charge in [-0.15, -0.1) is 0 Å². The number of esters is 1. The largest absolute Gasteiger partial charge is 0.469 e. The molecule has 0 aromatic heterocycles. The van der Waals surface area contributed by atoms with Gasteiger partial charge < -0.3 is 4.74 Å². The number of hydrogen-bond acceptors (Lipinski definition) is 4. The van der Waals surface area contributed by atoms with Crippen molar-refractivity contribution in [3.05, 3.63) is 47.5 Å². The first-order valence-electron chi connectivity index (χ1n) is 6.28. The second-order valence-electron chi connectivity index (χ2n) is 5.19. The molecule has 0 spiro atoms. The first kappa shape index (κ1) is 12.4. The summed E-state index contributed by atoms with van der Waals surface area (Å²) < 4.78 is 4.84. The van der Waals surface area contributed by atoms with Crippen LogP contribution in [-0.2, 0) is 30.5 Å². The Balaban J connectivity index is 2.18. The fourth-order valence-electron chi connectivity index (χ4n) is 2.82. The Bertz CT molecular complexity index is 565. The van der Waals surface area contributed by atoms with Crippen molar-refractivity contribution in [2.45, 2.75) is 25.0 Å². The standard InChI is InChI=1S/C15H16O4/c1-10(13(16)17-3)15-9-8-14(2,18-19-15)11-6-4-5-7-12(11)15/h4-10H,1-3H3/t10-,14-,15-/m0/s1. The lowest BCUT2D eigenvalue weighted by molar-refractivity contribution is -0.426. The first-order valence-corrected chi connectivity index (χ1v) is 6.28. The Morgan fingerprint density at radius 1 is 1.21 bits per heavy atom. The van der Waals surface area contributed by atoms with Crippen molar-refractivity contribution in [2.24, 2.45) is 5.92 Å². The SMILES string of the molecule is COC(=O)[C@H](C)[C@]12C=C[C@](C)(OO1)c1ccccc12. The molecule has 4 heteroatoms. The third-order valence-electron chi connectivity index (χ3n) is 4.08. The van der Waals surface area contributed by atoms with Gasteiger partial charge in [0, 0.05) is 0 Å². The fourth-order valence-corrected chi connectivity index (χ4v) is 2.82. The van der Waals surface area contributed by atoms with Gasteiger partial charge in [-0.25, -0.2) is 9.78 Å². The number of rotatable bonds is 2. The van der Waals surface area contributed by atoms with Crippen molar-refractivity contribution in [3.8, 4) is 0 Å². The monoisotopic (exact) mass is 260 g/mol. The van der Waals surface area contributed by atoms with E-state index in [-0.39, 0.29) is 5.97 Å². The van der Waals surface area contributed by atoms with Crippen LogP contribution < -0.4 is 0 Å². The number of methoxy groups -OCH3 is 1. The molecule has 1 aliphatic carbocycles. The molecule has 2 heterocycles. The van der Waals surface area contributed by atoms with Crippen molar-refractivity contribution in [1.29, 1.82) is 0 Å². The maximum absolute atomic E-state index is 11.9. The van der Waals surface area contributed by atoms with E-state index >= 15 is 0 Å². The molecule has 2 bridgehead atoms. The molecule has 4 rings (SSSR count). The zero-order valence-corrected chi connectivity index (χ0v) is 11.2. The van der Waals surface area contributed by atoms with Gasteiger partial charge in [0.25, 0.3) is 0 Å². The zero-order valence-electron chi connectivity index (χ0n) is 11.2. The highest BCUT2D eigenvalue weighted by atomic mass is 17.2. The minimum atomic E-state index is -0.901. The van der Waals surface area contributed by atoms with E-state index in [1.807, 2.05) is 43.3 Å². The van der Waals surface area contributed by atoms with Crippen LogP contribution in [0, 0.1) is 5.92 Å². The van der Waals surface area contributed by atoms with Gasteiger partial charge in [-0.05, 0) is 37.1 Å². The van der Waals surface area contributed by atoms with Crippen molar-refractivity contribution >= 4 is 5.97 Å². The summed E-state index contributed by atoms with van der Waals surface area (Å²) in [5.74, 6) is -0.812. The molecule has 0 radical (unpaired) electrons. The minimum absolute atomic E-state index is 0.325. The third-order valence-corrected chi connectivity index (χ3v) is 4.08. The van der Waals surface area contributed by atoms with E-state index in [9.17, 15) is 4.79 Å². The van der Waals surface area contributed by atoms with Crippen molar-refractivity contribution < 1.29 is 19.3 Å². The molecular weight excluding hydrogens is 244 g/mol. The van der Waals surface area contributed by atoms with Crippen molar-refractivity contribution in [1.82, 2.24) is 0 Å². The van der Waals surface area contributed by atoms with Crippen LogP contribution in [0.15, 0.2) is 36.4 Å². The summed E-state index contributed by atoms with van der Waals surface area (Å²) in [5, 5.41) is 0. The molecule has 1 aromatic carbocycles. The number of benzene rings is 1. The summed E-state index contributed by atoms with van der Waals surface area (Å²) in [5.41, 5.74) is 0.499. The summed E-state index contributed by atoms with van der Waals surface area (Å²) in [6, 6.07) is 7.86. The summed E-state index contributed by atoms with van der Waals surface area (Å²) >= 11 is 0. The van der Waals surface area contributed by atoms with Gasteiger partial charge in [0.2, 0.25) is 0 Å². The molecule has 0 saturated heterocycles. The lowest BCUT2D eigenvalue weighted by atomic mass is 9.71. The molecule has 2 aliphatic heterocycles. The molecule has 0 N–H and O–H groups in total. The van der Waals surface area contributed by atoms with Crippen LogP contribution in [0.2, 0.25) is 0 Å². The molecule has 0 fully saturated rings. The number of fused-ring (bicyclic) bond motifs is 1. The van der Waals surface area contributed by atoms with E-state index in [0.29, 0.717) is 0 Å². The van der Waals surface area contributed by atoms with E-state index in [4.69, 9.17) is 14.5 Å². The quantitative estimate of drug-likeness (QED) is 0.465. The van der Waals surface area contributed by atoms with Crippen molar-refractivity contribution in [2.75, 3.05) is 7.11 Å². The van der Waals surface area contributed by atoms with E-state index in [1.165, 1.54) is 7.11 Å². The smallest absolute Gasteiger partial charge is 0.312 e. The number of hydrogen-bond donors (Lipinski definition) is 0. The third kappa shape index (κ3) is 1.50. The van der Waals surface area contributed by atoms with Crippen molar-refractivity contribution in [3.63, 3.8) is 0 Å². The van der Waals surface area contributed by atoms with Gasteiger partial charge in [0.05, 0.1) is 13.0 Å². The normalized spacial score (nSPS) is 32.8. The summed E-state index contributed by atoms with van der Waals surface area (Å²) in [6.45, 7) is 3.72. The van der Waals surface area contributed by atoms with Crippen LogP contribution in [0.4, 0.5) is 0 Å². The van der Waals surface area contributed by atoms with Gasteiger partial charge in [0.15, 0.2) is 5.60 Å². The minimum Gasteiger partial charge on any atom is -0.469 e. The Morgan fingerprint density at radius 3 is 2.47 bits per heavy atom. The van der Waals surface area contributed by atoms with Crippen LogP contribution >= 0.6 is 0 Å². The van der Waals surface area contributed by atoms with E-state index in [0.717, 1.165) is 11.1 Å². The molecule has 19 heavy (non-hydrogen) atoms. The second-order valence-corrected chi connectivity index (χ2v) is 5.19. The topological polar surface area (TPSA) is 44.8 Å². The predicted molar refractivity (Wildman–Crippen MR) is 68.0 cm³/mol. The Morgan fingerprint density at radius 2 is 1.89 bits per heavy atom. The highest BCUT2D eigenvalue weighted by Gasteiger charge is 2.54. The van der Waals surface area contributed by atoms with Gasteiger partial charge >= 0.3 is 5.97 Å². The summed E-state index contributed by atoms with van der Waals surface area (Å²) in [6.07, 6.45) is 3.85. The fraction of sp³-hybridized carbons (Fsp3) is 0.400. The summed E-state index contributed by atoms with van der Waals surface area (Å²) in [4.78, 5) is 23.0. The molecule has 3 aliphatic rings. The number of ether oxygens (including phenoxy) is 1. The lowest BCUT2D eigenvalue weighted by Crippen LogP contribution is -2.50.